The zero-order valence-corrected chi connectivity index (χ0v) is 14.5. The van der Waals surface area contributed by atoms with Gasteiger partial charge in [-0.1, -0.05) is 36.4 Å². The van der Waals surface area contributed by atoms with Gasteiger partial charge in [0.2, 0.25) is 11.8 Å². The first-order chi connectivity index (χ1) is 12.6. The number of fused-ring (bicyclic) bond motifs is 2. The molecule has 0 unspecified atom stereocenters. The van der Waals surface area contributed by atoms with E-state index in [1.165, 1.54) is 23.3 Å². The van der Waals surface area contributed by atoms with Gasteiger partial charge >= 0.3 is 0 Å². The molecule has 134 valence electrons. The molecule has 2 aliphatic rings. The summed E-state index contributed by atoms with van der Waals surface area (Å²) in [6.07, 6.45) is 2.29. The van der Waals surface area contributed by atoms with Crippen LogP contribution in [0.4, 0.5) is 4.39 Å². The highest BCUT2D eigenvalue weighted by molar-refractivity contribution is 5.86. The number of amides is 2. The highest BCUT2D eigenvalue weighted by Gasteiger charge is 2.49. The van der Waals surface area contributed by atoms with E-state index in [1.807, 2.05) is 11.0 Å². The van der Waals surface area contributed by atoms with E-state index in [1.54, 1.807) is 12.1 Å². The minimum Gasteiger partial charge on any atom is -0.347 e. The first-order valence-corrected chi connectivity index (χ1v) is 8.93. The first-order valence-electron chi connectivity index (χ1n) is 8.93. The van der Waals surface area contributed by atoms with E-state index < -0.39 is 0 Å². The van der Waals surface area contributed by atoms with Crippen LogP contribution in [0.25, 0.3) is 0 Å². The second-order valence-corrected chi connectivity index (χ2v) is 7.27. The minimum atomic E-state index is -0.368. The van der Waals surface area contributed by atoms with Gasteiger partial charge in [0.05, 0.1) is 13.0 Å². The fourth-order valence-electron chi connectivity index (χ4n) is 3.82. The maximum absolute atomic E-state index is 13.2. The Balaban J connectivity index is 1.35. The van der Waals surface area contributed by atoms with Gasteiger partial charge in [0, 0.05) is 18.5 Å². The van der Waals surface area contributed by atoms with Crippen LogP contribution in [0.2, 0.25) is 0 Å². The van der Waals surface area contributed by atoms with Gasteiger partial charge in [0.25, 0.3) is 0 Å². The maximum Gasteiger partial charge on any atom is 0.242 e. The molecular weight excluding hydrogens is 331 g/mol. The lowest BCUT2D eigenvalue weighted by atomic mass is 9.87. The molecule has 1 heterocycles. The Morgan fingerprint density at radius 1 is 1.12 bits per heavy atom. The van der Waals surface area contributed by atoms with Crippen LogP contribution >= 0.6 is 0 Å². The molecule has 2 aromatic carbocycles. The highest BCUT2D eigenvalue weighted by Crippen LogP contribution is 2.52. The van der Waals surface area contributed by atoms with E-state index in [2.05, 4.69) is 23.5 Å². The standard InChI is InChI=1S/C21H21FN2O2/c22-17-6-3-4-15(10-17)11-19(25)23-12-20(26)24-13-16-5-1-2-7-18(16)21(14-24)8-9-21/h1-7,10H,8-9,11-14H2,(H,23,25). The molecule has 1 aliphatic carbocycles. The lowest BCUT2D eigenvalue weighted by Gasteiger charge is -2.35. The molecule has 0 bridgehead atoms. The van der Waals surface area contributed by atoms with Crippen molar-refractivity contribution < 1.29 is 14.0 Å². The van der Waals surface area contributed by atoms with Gasteiger partial charge in [0.15, 0.2) is 0 Å². The summed E-state index contributed by atoms with van der Waals surface area (Å²) < 4.78 is 13.2. The van der Waals surface area contributed by atoms with E-state index in [0.29, 0.717) is 12.1 Å². The van der Waals surface area contributed by atoms with Crippen molar-refractivity contribution in [1.29, 1.82) is 0 Å². The van der Waals surface area contributed by atoms with Gasteiger partial charge in [-0.3, -0.25) is 9.59 Å². The molecule has 0 atom stereocenters. The van der Waals surface area contributed by atoms with Crippen LogP contribution in [0, 0.1) is 5.82 Å². The van der Waals surface area contributed by atoms with Crippen molar-refractivity contribution in [2.24, 2.45) is 0 Å². The zero-order valence-electron chi connectivity index (χ0n) is 14.5. The minimum absolute atomic E-state index is 0.0214. The number of carbonyl (C=O) groups excluding carboxylic acids is 2. The molecule has 0 saturated heterocycles. The summed E-state index contributed by atoms with van der Waals surface area (Å²) in [5, 5.41) is 2.67. The van der Waals surface area contributed by atoms with E-state index in [0.717, 1.165) is 19.4 Å². The number of nitrogens with one attached hydrogen (secondary N) is 1. The van der Waals surface area contributed by atoms with Gasteiger partial charge in [-0.2, -0.15) is 0 Å². The Morgan fingerprint density at radius 2 is 1.92 bits per heavy atom. The number of carbonyl (C=O) groups is 2. The second kappa shape index (κ2) is 6.56. The van der Waals surface area contributed by atoms with Crippen LogP contribution in [-0.2, 0) is 28.0 Å². The average molecular weight is 352 g/mol. The number of nitrogens with zero attached hydrogens (tertiary/aromatic N) is 1. The average Bonchev–Trinajstić information content (AvgIpc) is 3.39. The summed E-state index contributed by atoms with van der Waals surface area (Å²) >= 11 is 0. The van der Waals surface area contributed by atoms with Crippen LogP contribution in [-0.4, -0.2) is 29.8 Å². The number of rotatable bonds is 4. The molecule has 0 aromatic heterocycles. The summed E-state index contributed by atoms with van der Waals surface area (Å²) in [7, 11) is 0. The lowest BCUT2D eigenvalue weighted by molar-refractivity contribution is -0.134. The lowest BCUT2D eigenvalue weighted by Crippen LogP contribution is -2.46. The Labute approximate surface area is 152 Å². The third-order valence-corrected chi connectivity index (χ3v) is 5.34. The smallest absolute Gasteiger partial charge is 0.242 e. The molecule has 2 aromatic rings. The van der Waals surface area contributed by atoms with E-state index in [4.69, 9.17) is 0 Å². The van der Waals surface area contributed by atoms with Crippen molar-refractivity contribution in [3.63, 3.8) is 0 Å². The van der Waals surface area contributed by atoms with Crippen molar-refractivity contribution in [3.05, 3.63) is 71.0 Å². The quantitative estimate of drug-likeness (QED) is 0.919. The summed E-state index contributed by atoms with van der Waals surface area (Å²) in [5.41, 5.74) is 3.30. The molecule has 2 amide bonds. The van der Waals surface area contributed by atoms with Crippen LogP contribution in [0.1, 0.15) is 29.5 Å². The van der Waals surface area contributed by atoms with Gasteiger partial charge in [-0.25, -0.2) is 4.39 Å². The van der Waals surface area contributed by atoms with Crippen molar-refractivity contribution in [2.45, 2.75) is 31.2 Å². The molecule has 0 radical (unpaired) electrons. The molecular formula is C21H21FN2O2. The Bertz CT molecular complexity index is 861. The highest BCUT2D eigenvalue weighted by atomic mass is 19.1. The van der Waals surface area contributed by atoms with E-state index in [9.17, 15) is 14.0 Å². The second-order valence-electron chi connectivity index (χ2n) is 7.27. The molecule has 1 saturated carbocycles. The number of benzene rings is 2. The molecule has 5 heteroatoms. The van der Waals surface area contributed by atoms with Gasteiger partial charge < -0.3 is 10.2 Å². The van der Waals surface area contributed by atoms with Crippen LogP contribution in [0.3, 0.4) is 0 Å². The fraction of sp³-hybridized carbons (Fsp3) is 0.333. The Hall–Kier alpha value is -2.69. The molecule has 4 nitrogen and oxygen atoms in total. The molecule has 1 aliphatic heterocycles. The van der Waals surface area contributed by atoms with Crippen LogP contribution in [0.5, 0.6) is 0 Å². The largest absolute Gasteiger partial charge is 0.347 e. The Morgan fingerprint density at radius 3 is 2.69 bits per heavy atom. The molecule has 1 N–H and O–H groups in total. The normalized spacial score (nSPS) is 16.9. The number of halogens is 1. The van der Waals surface area contributed by atoms with Crippen molar-refractivity contribution in [2.75, 3.05) is 13.1 Å². The first kappa shape index (κ1) is 16.8. The predicted octanol–water partition coefficient (Wildman–Crippen LogP) is 2.56. The monoisotopic (exact) mass is 352 g/mol. The molecule has 4 rings (SSSR count). The number of hydrogen-bond acceptors (Lipinski definition) is 2. The third kappa shape index (κ3) is 3.34. The molecule has 1 spiro atoms. The predicted molar refractivity (Wildman–Crippen MR) is 95.9 cm³/mol. The molecule has 26 heavy (non-hydrogen) atoms. The number of hydrogen-bond donors (Lipinski definition) is 1. The van der Waals surface area contributed by atoms with Gasteiger partial charge in [-0.05, 0) is 41.7 Å². The fourth-order valence-corrected chi connectivity index (χ4v) is 3.82. The van der Waals surface area contributed by atoms with E-state index in [-0.39, 0.29) is 36.0 Å². The summed E-state index contributed by atoms with van der Waals surface area (Å²) in [5.74, 6) is -0.714. The van der Waals surface area contributed by atoms with Crippen LogP contribution in [0.15, 0.2) is 48.5 Å². The third-order valence-electron chi connectivity index (χ3n) is 5.34. The van der Waals surface area contributed by atoms with Crippen LogP contribution < -0.4 is 5.32 Å². The Kier molecular flexibility index (Phi) is 4.23. The topological polar surface area (TPSA) is 49.4 Å². The SMILES string of the molecule is O=C(Cc1cccc(F)c1)NCC(=O)N1Cc2ccccc2C2(CC2)C1. The summed E-state index contributed by atoms with van der Waals surface area (Å²) in [6, 6.07) is 14.3. The van der Waals surface area contributed by atoms with Gasteiger partial charge in [-0.15, -0.1) is 0 Å². The van der Waals surface area contributed by atoms with Crippen molar-refractivity contribution in [3.8, 4) is 0 Å². The zero-order chi connectivity index (χ0) is 18.1. The van der Waals surface area contributed by atoms with Crippen molar-refractivity contribution in [1.82, 2.24) is 10.2 Å². The molecule has 1 fully saturated rings. The van der Waals surface area contributed by atoms with E-state index >= 15 is 0 Å². The van der Waals surface area contributed by atoms with Gasteiger partial charge in [0.1, 0.15) is 5.82 Å². The summed E-state index contributed by atoms with van der Waals surface area (Å²) in [6.45, 7) is 1.30. The van der Waals surface area contributed by atoms with Crippen molar-refractivity contribution >= 4 is 11.8 Å². The summed E-state index contributed by atoms with van der Waals surface area (Å²) in [4.78, 5) is 26.5. The maximum atomic E-state index is 13.2.